The van der Waals surface area contributed by atoms with E-state index in [0.717, 1.165) is 67.1 Å². The fraction of sp³-hybridized carbons (Fsp3) is 0.228. The summed E-state index contributed by atoms with van der Waals surface area (Å²) in [7, 11) is 0. The first-order valence-corrected chi connectivity index (χ1v) is 21.3. The fourth-order valence-corrected chi connectivity index (χ4v) is 8.27. The summed E-state index contributed by atoms with van der Waals surface area (Å²) in [5.41, 5.74) is 13.6. The molecule has 9 rings (SSSR count). The average Bonchev–Trinajstić information content (AvgIpc) is 3.79. The van der Waals surface area contributed by atoms with Crippen LogP contribution in [0, 0.1) is 39.7 Å². The van der Waals surface area contributed by atoms with Gasteiger partial charge in [-0.25, -0.2) is 9.83 Å². The van der Waals surface area contributed by atoms with Gasteiger partial charge in [0.25, 0.3) is 0 Å². The smallest absolute Gasteiger partial charge is 0.509 e. The van der Waals surface area contributed by atoms with E-state index in [1.54, 1.807) is 0 Å². The van der Waals surface area contributed by atoms with Crippen LogP contribution < -0.4 is 14.5 Å². The maximum atomic E-state index is 7.63. The maximum Gasteiger partial charge on any atom is 4.00 e. The number of ether oxygens (including phenoxy) is 1. The summed E-state index contributed by atoms with van der Waals surface area (Å²) in [6.45, 7) is 32.2. The Morgan fingerprint density at radius 1 is 0.641 bits per heavy atom. The number of fused-ring (bicyclic) bond motifs is 4. The molecular weight excluding hydrogens is 966 g/mol. The van der Waals surface area contributed by atoms with Crippen LogP contribution in [0.4, 0.5) is 28.4 Å². The van der Waals surface area contributed by atoms with Crippen molar-refractivity contribution in [3.8, 4) is 28.4 Å². The van der Waals surface area contributed by atoms with Crippen molar-refractivity contribution in [3.05, 3.63) is 187 Å². The van der Waals surface area contributed by atoms with Crippen LogP contribution in [-0.2, 0) is 37.3 Å². The summed E-state index contributed by atoms with van der Waals surface area (Å²) < 4.78 is 8.85. The minimum absolute atomic E-state index is 0. The number of aryl methyl sites for hydroxylation is 1. The number of benzene rings is 6. The summed E-state index contributed by atoms with van der Waals surface area (Å²) >= 11 is 0. The molecule has 0 amide bonds. The molecule has 3 heterocycles. The van der Waals surface area contributed by atoms with Gasteiger partial charge in [-0.15, -0.1) is 48.1 Å². The zero-order valence-corrected chi connectivity index (χ0v) is 40.9. The maximum absolute atomic E-state index is 7.63. The Hall–Kier alpha value is -6.15. The Morgan fingerprint density at radius 2 is 1.31 bits per heavy atom. The number of para-hydroxylation sites is 2. The average molecular weight is 1020 g/mol. The molecule has 0 N–H and O–H groups in total. The van der Waals surface area contributed by atoms with Crippen molar-refractivity contribution >= 4 is 50.2 Å². The number of anilines is 4. The third-order valence-electron chi connectivity index (χ3n) is 11.9. The molecule has 8 aromatic rings. The predicted octanol–water partition coefficient (Wildman–Crippen LogP) is 15.8. The SMILES string of the molecule is [C-]#[N+]c1ccc(C)c(-c2ccc3c(c2)c2ccc(Oc4[c-]c(N5[CH-]N(c6cc(C(C)(C)C)cc(C(C)(C)C)c6)c6ccccc65)ccc4)[c-]c2n3-c2cc(C(C)(C)C)ccn2)c1.[CH3-].[Pt+4]. The summed E-state index contributed by atoms with van der Waals surface area (Å²) in [5.74, 6) is 1.97. The molecule has 324 valence electrons. The van der Waals surface area contributed by atoms with Crippen molar-refractivity contribution in [2.45, 2.75) is 85.5 Å². The van der Waals surface area contributed by atoms with E-state index in [0.29, 0.717) is 17.2 Å². The second kappa shape index (κ2) is 17.1. The Kier molecular flexibility index (Phi) is 12.2. The molecule has 0 unspecified atom stereocenters. The molecule has 0 aliphatic carbocycles. The van der Waals surface area contributed by atoms with Gasteiger partial charge in [0.2, 0.25) is 0 Å². The molecule has 1 aliphatic rings. The van der Waals surface area contributed by atoms with Crippen molar-refractivity contribution in [3.63, 3.8) is 0 Å². The number of nitrogens with zero attached hydrogens (tertiary/aromatic N) is 5. The predicted molar refractivity (Wildman–Crippen MR) is 263 cm³/mol. The van der Waals surface area contributed by atoms with E-state index in [1.807, 2.05) is 42.6 Å². The zero-order valence-electron chi connectivity index (χ0n) is 38.7. The third kappa shape index (κ3) is 8.59. The molecule has 0 radical (unpaired) electrons. The number of pyridine rings is 1. The van der Waals surface area contributed by atoms with Crippen LogP contribution in [0.3, 0.4) is 0 Å². The van der Waals surface area contributed by atoms with Gasteiger partial charge in [-0.05, 0) is 110 Å². The van der Waals surface area contributed by atoms with Gasteiger partial charge in [0, 0.05) is 40.3 Å². The second-order valence-corrected chi connectivity index (χ2v) is 19.5. The quantitative estimate of drug-likeness (QED) is 0.156. The molecule has 0 atom stereocenters. The van der Waals surface area contributed by atoms with E-state index in [9.17, 15) is 0 Å². The molecule has 64 heavy (non-hydrogen) atoms. The largest absolute Gasteiger partial charge is 4.00 e. The molecule has 0 saturated carbocycles. The van der Waals surface area contributed by atoms with Crippen LogP contribution in [0.1, 0.15) is 84.6 Å². The Balaban J connectivity index is 0.00000306. The first kappa shape index (κ1) is 45.9. The molecular formula is C57H55N5OPt. The van der Waals surface area contributed by atoms with Gasteiger partial charge in [-0.2, -0.15) is 12.1 Å². The molecule has 6 nitrogen and oxygen atoms in total. The van der Waals surface area contributed by atoms with Crippen molar-refractivity contribution in [1.29, 1.82) is 0 Å². The van der Waals surface area contributed by atoms with E-state index in [1.165, 1.54) is 16.7 Å². The minimum Gasteiger partial charge on any atom is -0.509 e. The molecule has 6 aromatic carbocycles. The second-order valence-electron chi connectivity index (χ2n) is 19.5. The van der Waals surface area contributed by atoms with Crippen LogP contribution in [0.5, 0.6) is 11.5 Å². The van der Waals surface area contributed by atoms with Crippen LogP contribution in [0.15, 0.2) is 128 Å². The number of hydrogen-bond acceptors (Lipinski definition) is 4. The zero-order chi connectivity index (χ0) is 43.7. The molecule has 0 fully saturated rings. The molecule has 0 bridgehead atoms. The van der Waals surface area contributed by atoms with Gasteiger partial charge in [-0.1, -0.05) is 110 Å². The first-order valence-electron chi connectivity index (χ1n) is 21.3. The van der Waals surface area contributed by atoms with E-state index in [4.69, 9.17) is 16.3 Å². The Bertz CT molecular complexity index is 3050. The number of hydrogen-bond donors (Lipinski definition) is 0. The van der Waals surface area contributed by atoms with E-state index in [-0.39, 0.29) is 44.7 Å². The molecule has 1 aliphatic heterocycles. The summed E-state index contributed by atoms with van der Waals surface area (Å²) in [6, 6.07) is 49.5. The van der Waals surface area contributed by atoms with E-state index >= 15 is 0 Å². The topological polar surface area (TPSA) is 37.9 Å². The van der Waals surface area contributed by atoms with Crippen LogP contribution in [-0.4, -0.2) is 9.55 Å². The fourth-order valence-electron chi connectivity index (χ4n) is 8.27. The number of rotatable bonds is 6. The Morgan fingerprint density at radius 3 is 1.98 bits per heavy atom. The van der Waals surface area contributed by atoms with Crippen LogP contribution in [0.25, 0.3) is 43.6 Å². The Labute approximate surface area is 394 Å². The van der Waals surface area contributed by atoms with E-state index in [2.05, 4.69) is 192 Å². The third-order valence-corrected chi connectivity index (χ3v) is 11.9. The van der Waals surface area contributed by atoms with Gasteiger partial charge < -0.3 is 26.5 Å². The van der Waals surface area contributed by atoms with Crippen molar-refractivity contribution < 1.29 is 25.8 Å². The van der Waals surface area contributed by atoms with Crippen molar-refractivity contribution in [2.75, 3.05) is 9.80 Å². The van der Waals surface area contributed by atoms with Gasteiger partial charge in [0.05, 0.1) is 6.57 Å². The standard InChI is InChI=1S/C56H52N5O.CH3.Pt/c1-36-19-21-41(57-11)32-47(36)37-20-24-49-48(27-37)46-23-22-45(34-52(46)61(49)53-31-38(25-26-58-53)54(2,3)4)62-44-16-14-15-42(33-44)59-35-60(51-18-13-12-17-50(51)59)43-29-39(55(5,6)7)28-40(30-43)56(8,9)10;;/h12-32,35H,1-10H3;1H3;/q-3;-1;+4. The van der Waals surface area contributed by atoms with Crippen molar-refractivity contribution in [2.24, 2.45) is 0 Å². The first-order chi connectivity index (χ1) is 29.5. The van der Waals surface area contributed by atoms with Gasteiger partial charge in [-0.3, -0.25) is 0 Å². The van der Waals surface area contributed by atoms with Crippen LogP contribution >= 0.6 is 0 Å². The summed E-state index contributed by atoms with van der Waals surface area (Å²) in [5, 5.41) is 2.10. The van der Waals surface area contributed by atoms with Gasteiger partial charge >= 0.3 is 21.1 Å². The van der Waals surface area contributed by atoms with Crippen LogP contribution in [0.2, 0.25) is 0 Å². The van der Waals surface area contributed by atoms with Gasteiger partial charge in [0.15, 0.2) is 5.69 Å². The minimum atomic E-state index is -0.0654. The summed E-state index contributed by atoms with van der Waals surface area (Å²) in [4.78, 5) is 13.1. The normalized spacial score (nSPS) is 12.8. The monoisotopic (exact) mass is 1020 g/mol. The van der Waals surface area contributed by atoms with E-state index < -0.39 is 0 Å². The van der Waals surface area contributed by atoms with Crippen molar-refractivity contribution in [1.82, 2.24) is 9.55 Å². The molecule has 7 heteroatoms. The van der Waals surface area contributed by atoms with Gasteiger partial charge in [0.1, 0.15) is 5.82 Å². The molecule has 0 saturated heterocycles. The molecule has 2 aromatic heterocycles. The summed E-state index contributed by atoms with van der Waals surface area (Å²) in [6.07, 6.45) is 1.89. The number of aromatic nitrogens is 2. The molecule has 0 spiro atoms.